The standard InChI is InChI=1S/C36H56N6O7S2/c1-7-9-14-24(29(43)32(45)37-19-8-2)38-31(44)25-15-13-20-42(25)33(46)30(36(6)17-11-10-12-18-36)40-34(47)39-28(35(3,4)5)23-41-22-26-27(16-21-50-26)51(41,48)49/h8,16,21,24-25,28,30H,2,7,9-15,17-20,22-23H2,1,3-6H3,(H,37,45)(H,38,44)(H2,39,40,47)/t24?,25-,28+,30+/m0/s1. The van der Waals surface area contributed by atoms with Crippen LogP contribution in [0.4, 0.5) is 4.79 Å². The van der Waals surface area contributed by atoms with Crippen LogP contribution in [0, 0.1) is 10.8 Å². The minimum Gasteiger partial charge on any atom is -0.346 e. The van der Waals surface area contributed by atoms with Crippen molar-refractivity contribution in [2.45, 2.75) is 134 Å². The molecule has 0 bridgehead atoms. The number of Topliss-reactive ketones (excluding diaryl/α,β-unsaturated/α-hetero) is 1. The molecule has 1 aromatic heterocycles. The normalized spacial score (nSPS) is 21.5. The molecule has 1 saturated carbocycles. The zero-order valence-corrected chi connectivity index (χ0v) is 32.3. The summed E-state index contributed by atoms with van der Waals surface area (Å²) < 4.78 is 27.9. The molecule has 1 saturated heterocycles. The maximum Gasteiger partial charge on any atom is 0.315 e. The van der Waals surface area contributed by atoms with Crippen molar-refractivity contribution < 1.29 is 32.4 Å². The second-order valence-electron chi connectivity index (χ2n) is 15.4. The number of nitrogens with zero attached hydrogens (tertiary/aromatic N) is 2. The van der Waals surface area contributed by atoms with Crippen molar-refractivity contribution in [2.75, 3.05) is 19.6 Å². The number of unbranched alkanes of at least 4 members (excludes halogenated alkanes) is 1. The van der Waals surface area contributed by atoms with E-state index in [4.69, 9.17) is 0 Å². The fraction of sp³-hybridized carbons (Fsp3) is 0.694. The number of likely N-dealkylation sites (tertiary alicyclic amines) is 1. The number of thiophene rings is 1. The molecule has 284 valence electrons. The van der Waals surface area contributed by atoms with Gasteiger partial charge < -0.3 is 26.2 Å². The lowest BCUT2D eigenvalue weighted by Crippen LogP contribution is -2.63. The first-order chi connectivity index (χ1) is 24.0. The van der Waals surface area contributed by atoms with E-state index in [1.54, 1.807) is 11.4 Å². The molecule has 15 heteroatoms. The Morgan fingerprint density at radius 1 is 1.08 bits per heavy atom. The van der Waals surface area contributed by atoms with E-state index in [2.05, 4.69) is 27.8 Å². The quantitative estimate of drug-likeness (QED) is 0.156. The first-order valence-electron chi connectivity index (χ1n) is 18.2. The number of hydrogen-bond donors (Lipinski definition) is 4. The number of nitrogens with one attached hydrogen (secondary N) is 4. The highest BCUT2D eigenvalue weighted by atomic mass is 32.2. The average Bonchev–Trinajstić information content (AvgIpc) is 3.81. The van der Waals surface area contributed by atoms with Crippen LogP contribution in [0.5, 0.6) is 0 Å². The topological polar surface area (TPSA) is 174 Å². The van der Waals surface area contributed by atoms with Gasteiger partial charge in [0.05, 0.1) is 10.9 Å². The van der Waals surface area contributed by atoms with E-state index in [9.17, 15) is 32.4 Å². The van der Waals surface area contributed by atoms with E-state index in [-0.39, 0.29) is 32.0 Å². The van der Waals surface area contributed by atoms with Crippen LogP contribution in [-0.4, -0.2) is 91.0 Å². The smallest absolute Gasteiger partial charge is 0.315 e. The van der Waals surface area contributed by atoms with Crippen molar-refractivity contribution in [1.29, 1.82) is 0 Å². The molecule has 3 aliphatic rings. The van der Waals surface area contributed by atoms with Crippen molar-refractivity contribution in [2.24, 2.45) is 10.8 Å². The molecule has 51 heavy (non-hydrogen) atoms. The van der Waals surface area contributed by atoms with Gasteiger partial charge in [-0.3, -0.25) is 19.2 Å². The summed E-state index contributed by atoms with van der Waals surface area (Å²) in [5.41, 5.74) is -1.10. The van der Waals surface area contributed by atoms with Gasteiger partial charge in [0.1, 0.15) is 12.1 Å². The molecule has 3 heterocycles. The van der Waals surface area contributed by atoms with Crippen molar-refractivity contribution in [3.63, 3.8) is 0 Å². The Balaban J connectivity index is 1.52. The Morgan fingerprint density at radius 3 is 2.41 bits per heavy atom. The van der Waals surface area contributed by atoms with Crippen molar-refractivity contribution in [3.8, 4) is 0 Å². The first-order valence-corrected chi connectivity index (χ1v) is 20.5. The lowest BCUT2D eigenvalue weighted by Gasteiger charge is -2.43. The van der Waals surface area contributed by atoms with Crippen molar-refractivity contribution >= 4 is 50.9 Å². The van der Waals surface area contributed by atoms with Crippen LogP contribution in [0.15, 0.2) is 29.0 Å². The minimum atomic E-state index is -3.69. The van der Waals surface area contributed by atoms with E-state index in [0.29, 0.717) is 43.5 Å². The summed E-state index contributed by atoms with van der Waals surface area (Å²) in [6.07, 6.45) is 8.29. The Labute approximate surface area is 306 Å². The predicted molar refractivity (Wildman–Crippen MR) is 196 cm³/mol. The van der Waals surface area contributed by atoms with Crippen LogP contribution < -0.4 is 21.3 Å². The zero-order valence-electron chi connectivity index (χ0n) is 30.7. The number of fused-ring (bicyclic) bond motifs is 1. The Hall–Kier alpha value is -3.30. The number of hydrogen-bond acceptors (Lipinski definition) is 8. The van der Waals surface area contributed by atoms with Gasteiger partial charge in [-0.15, -0.1) is 17.9 Å². The monoisotopic (exact) mass is 748 g/mol. The Morgan fingerprint density at radius 2 is 1.78 bits per heavy atom. The van der Waals surface area contributed by atoms with Gasteiger partial charge >= 0.3 is 6.03 Å². The lowest BCUT2D eigenvalue weighted by molar-refractivity contribution is -0.144. The summed E-state index contributed by atoms with van der Waals surface area (Å²) in [5.74, 6) is -2.42. The third-order valence-electron chi connectivity index (χ3n) is 10.5. The van der Waals surface area contributed by atoms with Crippen LogP contribution in [0.25, 0.3) is 0 Å². The van der Waals surface area contributed by atoms with Crippen LogP contribution >= 0.6 is 11.3 Å². The summed E-state index contributed by atoms with van der Waals surface area (Å²) in [6, 6.07) is -2.40. The van der Waals surface area contributed by atoms with E-state index >= 15 is 0 Å². The van der Waals surface area contributed by atoms with Gasteiger partial charge in [0.15, 0.2) is 0 Å². The van der Waals surface area contributed by atoms with Gasteiger partial charge in [0.2, 0.25) is 27.6 Å². The van der Waals surface area contributed by atoms with Gasteiger partial charge in [0.25, 0.3) is 5.91 Å². The van der Waals surface area contributed by atoms with E-state index < -0.39 is 68.6 Å². The first kappa shape index (κ1) is 40.5. The minimum absolute atomic E-state index is 0.0639. The third kappa shape index (κ3) is 9.58. The molecule has 1 aliphatic carbocycles. The summed E-state index contributed by atoms with van der Waals surface area (Å²) in [7, 11) is -3.69. The molecule has 0 spiro atoms. The molecule has 1 aromatic rings. The molecule has 2 fully saturated rings. The highest BCUT2D eigenvalue weighted by Crippen LogP contribution is 2.40. The number of carbonyl (C=O) groups excluding carboxylic acids is 5. The predicted octanol–water partition coefficient (Wildman–Crippen LogP) is 3.84. The zero-order chi connectivity index (χ0) is 37.6. The summed E-state index contributed by atoms with van der Waals surface area (Å²) in [5, 5.41) is 13.0. The molecule has 2 aliphatic heterocycles. The maximum absolute atomic E-state index is 14.5. The Kier molecular flexibility index (Phi) is 13.5. The number of sulfonamides is 1. The van der Waals surface area contributed by atoms with Gasteiger partial charge in [-0.2, -0.15) is 4.31 Å². The SMILES string of the molecule is C=CCNC(=O)C(=O)C(CCCC)NC(=O)[C@@H]1CCCN1C(=O)[C@@H](NC(=O)N[C@H](CN1Cc2sccc2S1(=O)=O)C(C)(C)C)C1(C)CCCCC1. The number of urea groups is 1. The molecular formula is C36H56N6O7S2. The van der Waals surface area contributed by atoms with E-state index in [0.717, 1.165) is 30.6 Å². The van der Waals surface area contributed by atoms with E-state index in [1.165, 1.54) is 26.6 Å². The van der Waals surface area contributed by atoms with Crippen molar-refractivity contribution in [3.05, 3.63) is 29.0 Å². The molecule has 5 amide bonds. The Bertz CT molecular complexity index is 1560. The largest absolute Gasteiger partial charge is 0.346 e. The van der Waals surface area contributed by atoms with Gasteiger partial charge in [-0.05, 0) is 54.4 Å². The molecule has 1 unspecified atom stereocenters. The highest BCUT2D eigenvalue weighted by molar-refractivity contribution is 7.89. The second-order valence-corrected chi connectivity index (χ2v) is 18.4. The fourth-order valence-corrected chi connectivity index (χ4v) is 10.2. The number of amides is 5. The number of carbonyl (C=O) groups is 5. The molecule has 4 rings (SSSR count). The molecule has 4 atom stereocenters. The number of ketones is 1. The summed E-state index contributed by atoms with van der Waals surface area (Å²) in [4.78, 5) is 70.3. The summed E-state index contributed by atoms with van der Waals surface area (Å²) >= 11 is 1.39. The van der Waals surface area contributed by atoms with E-state index in [1.807, 2.05) is 34.6 Å². The van der Waals surface area contributed by atoms with Crippen LogP contribution in [0.1, 0.15) is 104 Å². The van der Waals surface area contributed by atoms with Crippen molar-refractivity contribution in [1.82, 2.24) is 30.5 Å². The molecule has 0 radical (unpaired) electrons. The van der Waals surface area contributed by atoms with Gasteiger partial charge in [-0.1, -0.05) is 72.8 Å². The maximum atomic E-state index is 14.5. The second kappa shape index (κ2) is 17.0. The lowest BCUT2D eigenvalue weighted by atomic mass is 9.70. The van der Waals surface area contributed by atoms with Crippen LogP contribution in [0.3, 0.4) is 0 Å². The van der Waals surface area contributed by atoms with Gasteiger partial charge in [0, 0.05) is 37.1 Å². The molecule has 0 aromatic carbocycles. The third-order valence-corrected chi connectivity index (χ3v) is 13.5. The number of rotatable bonds is 15. The van der Waals surface area contributed by atoms with Crippen LogP contribution in [0.2, 0.25) is 0 Å². The molecule has 4 N–H and O–H groups in total. The highest BCUT2D eigenvalue weighted by Gasteiger charge is 2.47. The van der Waals surface area contributed by atoms with Gasteiger partial charge in [-0.25, -0.2) is 13.2 Å². The molecular weight excluding hydrogens is 693 g/mol. The fourth-order valence-electron chi connectivity index (χ4n) is 7.30. The summed E-state index contributed by atoms with van der Waals surface area (Å²) in [6.45, 7) is 14.0. The average molecular weight is 749 g/mol. The molecule has 13 nitrogen and oxygen atoms in total. The van der Waals surface area contributed by atoms with Crippen LogP contribution in [-0.2, 0) is 35.7 Å².